The standard InChI is InChI=1S/C39H39Cl2F2N3O7/c1-3-50-35-18-27(12-13-33(35)52-38(42)43)34(19-28-29(40)20-44-21-30(28)41)51-37(47)26-10-8-24(9-11-26)22-46(31-6-4-5-7-32(31)49-2)39(48)53-36-23-45-16-14-25(36)15-17-45/h4-13,18,20-21,25,34,36,38H,3,14-17,19,22-23H2,1-2H3/p+1/t34-,36-/m0/s1. The van der Waals surface area contributed by atoms with Crippen LogP contribution in [0.25, 0.3) is 0 Å². The molecule has 0 aliphatic carbocycles. The number of nitrogens with one attached hydrogen (secondary N) is 1. The zero-order chi connectivity index (χ0) is 37.5. The largest absolute Gasteiger partial charge is 0.495 e. The molecule has 1 amide bonds. The van der Waals surface area contributed by atoms with Crippen LogP contribution in [0.4, 0.5) is 19.3 Å². The van der Waals surface area contributed by atoms with Crippen LogP contribution in [0.15, 0.2) is 79.1 Å². The molecule has 0 radical (unpaired) electrons. The van der Waals surface area contributed by atoms with Crippen LogP contribution in [0.1, 0.15) is 52.9 Å². The molecule has 3 aliphatic heterocycles. The van der Waals surface area contributed by atoms with Gasteiger partial charge in [0, 0.05) is 18.5 Å². The molecule has 3 aromatic carbocycles. The molecule has 0 unspecified atom stereocenters. The predicted octanol–water partition coefficient (Wildman–Crippen LogP) is 8.19. The molecule has 3 aliphatic rings. The Morgan fingerprint density at radius 3 is 2.32 bits per heavy atom. The Balaban J connectivity index is 1.23. The van der Waals surface area contributed by atoms with Crippen LogP contribution < -0.4 is 24.1 Å². The molecule has 10 nitrogen and oxygen atoms in total. The summed E-state index contributed by atoms with van der Waals surface area (Å²) in [6.45, 7) is 1.73. The first-order chi connectivity index (χ1) is 25.6. The first-order valence-corrected chi connectivity index (χ1v) is 18.1. The molecule has 1 N–H and O–H groups in total. The Morgan fingerprint density at radius 1 is 0.962 bits per heavy atom. The number of aromatic nitrogens is 1. The van der Waals surface area contributed by atoms with Crippen molar-refractivity contribution in [2.45, 2.75) is 51.6 Å². The van der Waals surface area contributed by atoms with Gasteiger partial charge in [0.25, 0.3) is 0 Å². The molecule has 7 rings (SSSR count). The van der Waals surface area contributed by atoms with Crippen LogP contribution in [0.2, 0.25) is 10.0 Å². The average molecular weight is 772 g/mol. The highest BCUT2D eigenvalue weighted by atomic mass is 35.5. The molecule has 2 bridgehead atoms. The van der Waals surface area contributed by atoms with E-state index in [0.717, 1.165) is 38.0 Å². The molecular formula is C39H40Cl2F2N3O7+. The minimum atomic E-state index is -3.06. The molecule has 4 heterocycles. The Kier molecular flexibility index (Phi) is 12.5. The number of anilines is 1. The Morgan fingerprint density at radius 2 is 1.68 bits per heavy atom. The molecule has 14 heteroatoms. The number of para-hydroxylation sites is 2. The van der Waals surface area contributed by atoms with E-state index in [0.29, 0.717) is 38.5 Å². The average Bonchev–Trinajstić information content (AvgIpc) is 3.16. The number of aromatic amines is 1. The van der Waals surface area contributed by atoms with E-state index in [9.17, 15) is 18.4 Å². The van der Waals surface area contributed by atoms with Crippen molar-refractivity contribution >= 4 is 41.0 Å². The zero-order valence-electron chi connectivity index (χ0n) is 29.2. The molecule has 3 saturated heterocycles. The number of amides is 1. The molecule has 0 saturated carbocycles. The fourth-order valence-corrected chi connectivity index (χ4v) is 7.27. The highest BCUT2D eigenvalue weighted by Gasteiger charge is 2.38. The van der Waals surface area contributed by atoms with Gasteiger partial charge in [-0.15, -0.1) is 0 Å². The van der Waals surface area contributed by atoms with E-state index in [1.54, 1.807) is 67.7 Å². The van der Waals surface area contributed by atoms with E-state index in [1.165, 1.54) is 18.2 Å². The lowest BCUT2D eigenvalue weighted by Gasteiger charge is -2.44. The fourth-order valence-electron chi connectivity index (χ4n) is 6.74. The Hall–Kier alpha value is -4.65. The maximum absolute atomic E-state index is 13.8. The molecular weight excluding hydrogens is 731 g/mol. The van der Waals surface area contributed by atoms with Gasteiger partial charge in [0.2, 0.25) is 0 Å². The van der Waals surface area contributed by atoms with Crippen LogP contribution >= 0.6 is 23.2 Å². The van der Waals surface area contributed by atoms with Gasteiger partial charge >= 0.3 is 18.7 Å². The normalized spacial score (nSPS) is 18.3. The fraction of sp³-hybridized carbons (Fsp3) is 0.359. The van der Waals surface area contributed by atoms with Crippen molar-refractivity contribution in [3.8, 4) is 17.2 Å². The summed E-state index contributed by atoms with van der Waals surface area (Å²) < 4.78 is 54.2. The van der Waals surface area contributed by atoms with Crippen molar-refractivity contribution in [2.75, 3.05) is 38.3 Å². The Bertz CT molecular complexity index is 1870. The molecule has 3 fully saturated rings. The second kappa shape index (κ2) is 17.5. The summed E-state index contributed by atoms with van der Waals surface area (Å²) in [4.78, 5) is 34.2. The Labute approximate surface area is 316 Å². The highest BCUT2D eigenvalue weighted by Crippen LogP contribution is 2.37. The van der Waals surface area contributed by atoms with Crippen molar-refractivity contribution < 1.29 is 47.0 Å². The number of hydrogen-bond donors (Lipinski definition) is 0. The number of pyridine rings is 1. The van der Waals surface area contributed by atoms with Gasteiger partial charge < -0.3 is 23.7 Å². The molecule has 280 valence electrons. The second-order valence-corrected chi connectivity index (χ2v) is 13.6. The molecule has 2 atom stereocenters. The number of methoxy groups -OCH3 is 1. The van der Waals surface area contributed by atoms with Gasteiger partial charge in [-0.05, 0) is 86.3 Å². The monoisotopic (exact) mass is 770 g/mol. The minimum Gasteiger partial charge on any atom is -0.495 e. The van der Waals surface area contributed by atoms with E-state index in [-0.39, 0.29) is 42.7 Å². The molecule has 4 aromatic rings. The van der Waals surface area contributed by atoms with E-state index in [1.807, 2.05) is 12.1 Å². The molecule has 1 aromatic heterocycles. The quantitative estimate of drug-likeness (QED) is 0.118. The van der Waals surface area contributed by atoms with Crippen molar-refractivity contribution in [3.05, 3.63) is 111 Å². The number of alkyl halides is 2. The lowest BCUT2D eigenvalue weighted by Crippen LogP contribution is -2.53. The predicted molar refractivity (Wildman–Crippen MR) is 194 cm³/mol. The summed E-state index contributed by atoms with van der Waals surface area (Å²) in [6, 6.07) is 18.3. The number of benzene rings is 3. The van der Waals surface area contributed by atoms with Crippen LogP contribution in [-0.4, -0.2) is 63.0 Å². The first kappa shape index (κ1) is 38.1. The van der Waals surface area contributed by atoms with Gasteiger partial charge in [-0.1, -0.05) is 53.5 Å². The van der Waals surface area contributed by atoms with E-state index in [2.05, 4.69) is 14.6 Å². The number of ether oxygens (including phenoxy) is 5. The number of rotatable bonds is 14. The van der Waals surface area contributed by atoms with E-state index in [4.69, 9.17) is 42.1 Å². The third-order valence-corrected chi connectivity index (χ3v) is 10.1. The SMILES string of the molecule is CCOc1cc([C@H](Cc2c(Cl)c[nH+]cc2Cl)OC(=O)c2ccc(CN(C(=O)O[C@H]3CN4CCC3CC4)c3ccccc3OC)cc2)ccc1OC(F)F. The van der Waals surface area contributed by atoms with Crippen molar-refractivity contribution in [1.29, 1.82) is 0 Å². The maximum Gasteiger partial charge on any atom is 0.415 e. The molecule has 53 heavy (non-hydrogen) atoms. The van der Waals surface area contributed by atoms with Gasteiger partial charge in [-0.25, -0.2) is 14.6 Å². The maximum atomic E-state index is 13.8. The van der Waals surface area contributed by atoms with Gasteiger partial charge in [0.15, 0.2) is 23.9 Å². The zero-order valence-corrected chi connectivity index (χ0v) is 30.7. The minimum absolute atomic E-state index is 0.0564. The summed E-state index contributed by atoms with van der Waals surface area (Å²) in [6.07, 6.45) is 3.53. The van der Waals surface area contributed by atoms with Gasteiger partial charge in [0.1, 0.15) is 28.0 Å². The first-order valence-electron chi connectivity index (χ1n) is 17.3. The summed E-state index contributed by atoms with van der Waals surface area (Å²) in [5.41, 5.74) is 2.46. The van der Waals surface area contributed by atoms with Crippen LogP contribution in [0, 0.1) is 5.92 Å². The topological polar surface area (TPSA) is 101 Å². The number of carbonyl (C=O) groups is 2. The van der Waals surface area contributed by atoms with Crippen molar-refractivity contribution in [2.24, 2.45) is 5.92 Å². The van der Waals surface area contributed by atoms with Gasteiger partial charge in [-0.2, -0.15) is 8.78 Å². The van der Waals surface area contributed by atoms with Gasteiger partial charge in [-0.3, -0.25) is 9.80 Å². The van der Waals surface area contributed by atoms with Gasteiger partial charge in [0.05, 0.1) is 31.5 Å². The molecule has 0 spiro atoms. The number of carbonyl (C=O) groups excluding carboxylic acids is 2. The number of hydrogen-bond acceptors (Lipinski definition) is 8. The van der Waals surface area contributed by atoms with Crippen molar-refractivity contribution in [1.82, 2.24) is 4.90 Å². The number of esters is 1. The van der Waals surface area contributed by atoms with Crippen LogP contribution in [-0.2, 0) is 22.4 Å². The van der Waals surface area contributed by atoms with Crippen LogP contribution in [0.5, 0.6) is 17.2 Å². The number of fused-ring (bicyclic) bond motifs is 3. The van der Waals surface area contributed by atoms with E-state index < -0.39 is 24.8 Å². The lowest BCUT2D eigenvalue weighted by atomic mass is 9.86. The second-order valence-electron chi connectivity index (χ2n) is 12.8. The number of halogens is 4. The summed E-state index contributed by atoms with van der Waals surface area (Å²) in [5.74, 6) is 0.0832. The van der Waals surface area contributed by atoms with Crippen molar-refractivity contribution in [3.63, 3.8) is 0 Å². The smallest absolute Gasteiger partial charge is 0.415 e. The highest BCUT2D eigenvalue weighted by molar-refractivity contribution is 6.35. The van der Waals surface area contributed by atoms with E-state index >= 15 is 0 Å². The number of nitrogens with zero attached hydrogens (tertiary/aromatic N) is 2. The number of piperidine rings is 3. The summed E-state index contributed by atoms with van der Waals surface area (Å²) >= 11 is 12.9. The third kappa shape index (κ3) is 9.30. The van der Waals surface area contributed by atoms with Crippen LogP contribution in [0.3, 0.4) is 0 Å². The number of H-pyrrole nitrogens is 1. The third-order valence-electron chi connectivity index (χ3n) is 9.47. The summed E-state index contributed by atoms with van der Waals surface area (Å²) in [7, 11) is 1.55. The summed E-state index contributed by atoms with van der Waals surface area (Å²) in [5, 5.41) is 0.634. The lowest BCUT2D eigenvalue weighted by molar-refractivity contribution is -0.377.